The number of hydrogen-bond acceptors (Lipinski definition) is 7. The molecule has 1 aromatic heterocycles. The average molecular weight is 761 g/mol. The lowest BCUT2D eigenvalue weighted by molar-refractivity contribution is -0.274. The van der Waals surface area contributed by atoms with Crippen molar-refractivity contribution in [2.75, 3.05) is 19.0 Å². The minimum absolute atomic E-state index is 0.00391. The molecule has 2 aromatic carbocycles. The van der Waals surface area contributed by atoms with E-state index in [4.69, 9.17) is 9.15 Å². The van der Waals surface area contributed by atoms with Gasteiger partial charge in [0.2, 0.25) is 5.78 Å². The first-order valence-electron chi connectivity index (χ1n) is 19.0. The fourth-order valence-electron chi connectivity index (χ4n) is 11.5. The molecule has 0 saturated heterocycles. The number of halogens is 3. The number of aliphatic hydroxyl groups is 2. The van der Waals surface area contributed by atoms with Gasteiger partial charge in [0, 0.05) is 34.1 Å². The van der Waals surface area contributed by atoms with Gasteiger partial charge in [0.1, 0.15) is 11.5 Å². The maximum absolute atomic E-state index is 14.5. The fraction of sp³-hybridized carbons (Fsp3) is 0.488. The third kappa shape index (κ3) is 5.89. The molecule has 55 heavy (non-hydrogen) atoms. The summed E-state index contributed by atoms with van der Waals surface area (Å²) in [6.45, 7) is 4.33. The van der Waals surface area contributed by atoms with E-state index in [1.54, 1.807) is 43.5 Å². The monoisotopic (exact) mass is 760 g/mol. The van der Waals surface area contributed by atoms with Crippen LogP contribution < -0.4 is 14.8 Å². The van der Waals surface area contributed by atoms with Gasteiger partial charge < -0.3 is 34.3 Å². The average Bonchev–Trinajstić information content (AvgIpc) is 3.78. The number of allylic oxidation sites excluding steroid dienone is 4. The summed E-state index contributed by atoms with van der Waals surface area (Å²) in [6.07, 6.45) is 7.13. The number of methoxy groups -OCH3 is 1. The molecule has 2 amide bonds. The number of amides is 2. The maximum atomic E-state index is 14.5. The van der Waals surface area contributed by atoms with Gasteiger partial charge in [0.15, 0.2) is 5.76 Å². The number of alkyl halides is 3. The molecule has 3 fully saturated rings. The molecule has 0 aliphatic heterocycles. The van der Waals surface area contributed by atoms with E-state index >= 15 is 0 Å². The third-order valence-electron chi connectivity index (χ3n) is 14.3. The van der Waals surface area contributed by atoms with Crippen LogP contribution in [-0.2, 0) is 6.54 Å². The molecule has 3 N–H and O–H groups in total. The van der Waals surface area contributed by atoms with Gasteiger partial charge in [0.05, 0.1) is 31.6 Å². The molecule has 9 nitrogen and oxygen atoms in total. The van der Waals surface area contributed by atoms with Gasteiger partial charge in [-0.1, -0.05) is 44.2 Å². The van der Waals surface area contributed by atoms with Crippen LogP contribution in [0, 0.1) is 33.5 Å². The molecule has 9 rings (SSSR count). The highest BCUT2D eigenvalue weighted by molar-refractivity contribution is 6.08. The van der Waals surface area contributed by atoms with Crippen molar-refractivity contribution in [3.63, 3.8) is 0 Å². The normalized spacial score (nSPS) is 34.5. The number of ketones is 1. The second kappa shape index (κ2) is 13.0. The van der Waals surface area contributed by atoms with Crippen molar-refractivity contribution < 1.29 is 46.9 Å². The summed E-state index contributed by atoms with van der Waals surface area (Å²) in [5, 5.41) is 26.9. The molecule has 3 aromatic rings. The quantitative estimate of drug-likeness (QED) is 0.147. The van der Waals surface area contributed by atoms with E-state index in [0.29, 0.717) is 54.7 Å². The molecule has 3 saturated carbocycles. The van der Waals surface area contributed by atoms with Crippen molar-refractivity contribution in [1.82, 2.24) is 4.90 Å². The molecule has 6 aliphatic carbocycles. The van der Waals surface area contributed by atoms with Gasteiger partial charge in [-0.25, -0.2) is 4.79 Å². The van der Waals surface area contributed by atoms with Crippen molar-refractivity contribution in [2.24, 2.45) is 33.5 Å². The first kappa shape index (κ1) is 37.4. The van der Waals surface area contributed by atoms with E-state index in [0.717, 1.165) is 12.8 Å². The van der Waals surface area contributed by atoms with E-state index in [-0.39, 0.29) is 47.6 Å². The Bertz CT molecular complexity index is 2010. The summed E-state index contributed by atoms with van der Waals surface area (Å²) in [5.74, 6) is 0.208. The van der Waals surface area contributed by atoms with Gasteiger partial charge in [-0.3, -0.25) is 4.79 Å². The Morgan fingerprint density at radius 3 is 2.27 bits per heavy atom. The lowest BCUT2D eigenvalue weighted by atomic mass is 9.32. The molecular weight excluding hydrogens is 713 g/mol. The summed E-state index contributed by atoms with van der Waals surface area (Å²) in [5.41, 5.74) is -1.86. The lowest BCUT2D eigenvalue weighted by Crippen LogP contribution is -2.67. The van der Waals surface area contributed by atoms with Crippen LogP contribution in [0.5, 0.6) is 11.5 Å². The summed E-state index contributed by atoms with van der Waals surface area (Å²) < 4.78 is 53.7. The van der Waals surface area contributed by atoms with E-state index in [1.165, 1.54) is 35.4 Å². The van der Waals surface area contributed by atoms with Crippen molar-refractivity contribution in [2.45, 2.75) is 83.4 Å². The highest BCUT2D eigenvalue weighted by atomic mass is 19.4. The van der Waals surface area contributed by atoms with Crippen LogP contribution >= 0.6 is 0 Å². The molecule has 2 spiro atoms. The highest BCUT2D eigenvalue weighted by Crippen LogP contribution is 2.78. The SMILES string of the molecule is COc1ccc(NC(=O)N(Cc2ccc(OC(F)(F)F)cc2)CC2(O)CCC3C45C=CC6(C=C4C(=O)c4ccco4)CC(O)CCC6(C)C5CCC32C)cc1. The number of ether oxygens (including phenoxy) is 2. The minimum atomic E-state index is -4.84. The van der Waals surface area contributed by atoms with Crippen molar-refractivity contribution in [1.29, 1.82) is 0 Å². The van der Waals surface area contributed by atoms with Crippen LogP contribution in [0.15, 0.2) is 95.1 Å². The van der Waals surface area contributed by atoms with E-state index in [9.17, 15) is 33.0 Å². The molecule has 292 valence electrons. The topological polar surface area (TPSA) is 121 Å². The number of anilines is 1. The van der Waals surface area contributed by atoms with Gasteiger partial charge in [-0.05, 0) is 116 Å². The number of rotatable bonds is 9. The van der Waals surface area contributed by atoms with Crippen LogP contribution in [0.3, 0.4) is 0 Å². The Morgan fingerprint density at radius 2 is 1.60 bits per heavy atom. The summed E-state index contributed by atoms with van der Waals surface area (Å²) in [4.78, 5) is 30.2. The smallest absolute Gasteiger partial charge is 0.497 e. The van der Waals surface area contributed by atoms with Crippen LogP contribution in [0.1, 0.15) is 74.9 Å². The number of fused-ring (bicyclic) bond motifs is 1. The Labute approximate surface area is 318 Å². The number of carbonyl (C=O) groups is 2. The second-order valence-corrected chi connectivity index (χ2v) is 16.8. The first-order valence-corrected chi connectivity index (χ1v) is 19.0. The molecule has 6 aliphatic rings. The predicted octanol–water partition coefficient (Wildman–Crippen LogP) is 8.69. The molecule has 8 unspecified atom stereocenters. The van der Waals surface area contributed by atoms with Crippen LogP contribution in [-0.4, -0.2) is 58.6 Å². The number of carbonyl (C=O) groups excluding carboxylic acids is 2. The minimum Gasteiger partial charge on any atom is -0.497 e. The number of urea groups is 1. The van der Waals surface area contributed by atoms with Gasteiger partial charge >= 0.3 is 12.4 Å². The molecule has 8 atom stereocenters. The van der Waals surface area contributed by atoms with Gasteiger partial charge in [0.25, 0.3) is 0 Å². The van der Waals surface area contributed by atoms with Gasteiger partial charge in [-0.2, -0.15) is 0 Å². The number of furan rings is 1. The maximum Gasteiger partial charge on any atom is 0.573 e. The van der Waals surface area contributed by atoms with E-state index in [2.05, 4.69) is 42.1 Å². The van der Waals surface area contributed by atoms with Crippen molar-refractivity contribution >= 4 is 17.5 Å². The third-order valence-corrected chi connectivity index (χ3v) is 14.3. The second-order valence-electron chi connectivity index (χ2n) is 16.8. The highest BCUT2D eigenvalue weighted by Gasteiger charge is 2.74. The number of hydrogen-bond donors (Lipinski definition) is 3. The fourth-order valence-corrected chi connectivity index (χ4v) is 11.5. The molecule has 0 radical (unpaired) electrons. The van der Waals surface area contributed by atoms with Crippen LogP contribution in [0.25, 0.3) is 0 Å². The lowest BCUT2D eigenvalue weighted by Gasteiger charge is -2.71. The zero-order valence-corrected chi connectivity index (χ0v) is 31.2. The largest absolute Gasteiger partial charge is 0.573 e. The Hall–Kier alpha value is -4.55. The molecule has 2 bridgehead atoms. The van der Waals surface area contributed by atoms with E-state index < -0.39 is 40.3 Å². The standard InChI is InChI=1S/C43H47F3N2O7/c1-38-17-14-29(49)23-40(38)20-21-42(32(24-40)36(50)33-5-4-22-54-33)34(38)15-18-39(2)35(42)16-19-41(39,52)26-48(37(51)47-28-8-12-30(53-3)13-9-28)25-27-6-10-31(11-7-27)55-43(44,45)46/h4-13,20-22,24,29,34-35,49,52H,14-19,23,25-26H2,1-3H3,(H,47,51). The predicted molar refractivity (Wildman–Crippen MR) is 197 cm³/mol. The van der Waals surface area contributed by atoms with Crippen LogP contribution in [0.2, 0.25) is 0 Å². The number of nitrogens with one attached hydrogen (secondary N) is 1. The van der Waals surface area contributed by atoms with Gasteiger partial charge in [-0.15, -0.1) is 13.2 Å². The zero-order chi connectivity index (χ0) is 39.0. The number of nitrogens with zero attached hydrogens (tertiary/aromatic N) is 1. The zero-order valence-electron chi connectivity index (χ0n) is 31.2. The summed E-state index contributed by atoms with van der Waals surface area (Å²) in [7, 11) is 1.54. The molecule has 12 heteroatoms. The van der Waals surface area contributed by atoms with Crippen molar-refractivity contribution in [3.8, 4) is 11.5 Å². The number of benzene rings is 2. The van der Waals surface area contributed by atoms with Crippen LogP contribution in [0.4, 0.5) is 23.7 Å². The van der Waals surface area contributed by atoms with Crippen molar-refractivity contribution in [3.05, 3.63) is 102 Å². The molecular formula is C43H47F3N2O7. The Morgan fingerprint density at radius 1 is 0.927 bits per heavy atom. The first-order chi connectivity index (χ1) is 26.0. The molecule has 1 heterocycles. The Kier molecular flexibility index (Phi) is 8.84. The number of Topliss-reactive ketones (excluding diaryl/α,β-unsaturated/α-hetero) is 1. The number of aliphatic hydroxyl groups excluding tert-OH is 1. The summed E-state index contributed by atoms with van der Waals surface area (Å²) in [6, 6.07) is 15.1. The summed E-state index contributed by atoms with van der Waals surface area (Å²) >= 11 is 0. The van der Waals surface area contributed by atoms with E-state index in [1.807, 2.05) is 0 Å². The Balaban J connectivity index is 1.15.